The molecule has 16 heavy (non-hydrogen) atoms. The van der Waals surface area contributed by atoms with Gasteiger partial charge < -0.3 is 16.4 Å². The number of carbonyl (C=O) groups excluding carboxylic acids is 1. The van der Waals surface area contributed by atoms with E-state index in [4.69, 9.17) is 5.73 Å². The molecule has 0 aromatic heterocycles. The Morgan fingerprint density at radius 3 is 2.75 bits per heavy atom. The molecule has 1 rings (SSSR count). The summed E-state index contributed by atoms with van der Waals surface area (Å²) < 4.78 is 25.7. The van der Waals surface area contributed by atoms with Crippen LogP contribution in [0, 0.1) is 0 Å². The number of amides is 1. The fourth-order valence-corrected chi connectivity index (χ4v) is 1.91. The van der Waals surface area contributed by atoms with Crippen LogP contribution in [0.4, 0.5) is 8.78 Å². The molecule has 1 unspecified atom stereocenters. The van der Waals surface area contributed by atoms with Crippen LogP contribution in [0.15, 0.2) is 0 Å². The summed E-state index contributed by atoms with van der Waals surface area (Å²) in [6.07, 6.45) is 2.20. The van der Waals surface area contributed by atoms with Gasteiger partial charge in [0.2, 0.25) is 5.91 Å². The van der Waals surface area contributed by atoms with Gasteiger partial charge in [0, 0.05) is 0 Å². The summed E-state index contributed by atoms with van der Waals surface area (Å²) in [5, 5.41) is 5.36. The van der Waals surface area contributed by atoms with Crippen molar-refractivity contribution in [2.45, 2.75) is 37.6 Å². The number of alkyl halides is 2. The number of carbonyl (C=O) groups is 1. The van der Waals surface area contributed by atoms with Crippen molar-refractivity contribution in [2.75, 3.05) is 19.6 Å². The molecule has 1 amide bonds. The van der Waals surface area contributed by atoms with Gasteiger partial charge in [-0.25, -0.2) is 8.78 Å². The Labute approximate surface area is 94.0 Å². The van der Waals surface area contributed by atoms with E-state index in [-0.39, 0.29) is 5.91 Å². The highest BCUT2D eigenvalue weighted by molar-refractivity contribution is 5.86. The normalized spacial score (nSPS) is 25.8. The number of rotatable bonds is 5. The van der Waals surface area contributed by atoms with Crippen molar-refractivity contribution in [3.05, 3.63) is 0 Å². The van der Waals surface area contributed by atoms with Crippen molar-refractivity contribution in [1.29, 1.82) is 0 Å². The van der Waals surface area contributed by atoms with Crippen molar-refractivity contribution in [1.82, 2.24) is 10.6 Å². The fourth-order valence-electron chi connectivity index (χ4n) is 1.91. The number of nitrogens with two attached hydrogens (primary N) is 1. The van der Waals surface area contributed by atoms with Crippen LogP contribution in [0.1, 0.15) is 26.2 Å². The smallest absolute Gasteiger partial charge is 0.277 e. The first kappa shape index (κ1) is 13.3. The van der Waals surface area contributed by atoms with Gasteiger partial charge in [0.25, 0.3) is 5.92 Å². The molecule has 1 saturated heterocycles. The number of hydrogen-bond acceptors (Lipinski definition) is 3. The fraction of sp³-hybridized carbons (Fsp3) is 0.900. The lowest BCUT2D eigenvalue weighted by Crippen LogP contribution is -2.55. The largest absolute Gasteiger partial charge is 0.348 e. The maximum absolute atomic E-state index is 12.9. The van der Waals surface area contributed by atoms with Crippen molar-refractivity contribution in [2.24, 2.45) is 5.73 Å². The SMILES string of the molecule is CCC1(C(=O)NCC(F)(F)CN)CCCN1. The highest BCUT2D eigenvalue weighted by atomic mass is 19.3. The number of nitrogens with one attached hydrogen (secondary N) is 2. The molecule has 4 nitrogen and oxygen atoms in total. The molecular weight excluding hydrogens is 216 g/mol. The predicted molar refractivity (Wildman–Crippen MR) is 57.3 cm³/mol. The average Bonchev–Trinajstić information content (AvgIpc) is 2.76. The third-order valence-electron chi connectivity index (χ3n) is 3.09. The summed E-state index contributed by atoms with van der Waals surface area (Å²) >= 11 is 0. The van der Waals surface area contributed by atoms with Crippen LogP contribution in [0.25, 0.3) is 0 Å². The minimum Gasteiger partial charge on any atom is -0.348 e. The van der Waals surface area contributed by atoms with E-state index in [1.54, 1.807) is 0 Å². The molecule has 4 N–H and O–H groups in total. The first-order valence-electron chi connectivity index (χ1n) is 5.57. The van der Waals surface area contributed by atoms with Crippen LogP contribution < -0.4 is 16.4 Å². The van der Waals surface area contributed by atoms with Crippen LogP contribution in [0.5, 0.6) is 0 Å². The van der Waals surface area contributed by atoms with Gasteiger partial charge >= 0.3 is 0 Å². The molecule has 0 radical (unpaired) electrons. The second-order valence-electron chi connectivity index (χ2n) is 4.21. The molecule has 1 aliphatic rings. The van der Waals surface area contributed by atoms with E-state index < -0.39 is 24.6 Å². The van der Waals surface area contributed by atoms with E-state index in [1.165, 1.54) is 0 Å². The molecule has 1 aliphatic heterocycles. The average molecular weight is 235 g/mol. The van der Waals surface area contributed by atoms with Gasteiger partial charge in [-0.3, -0.25) is 4.79 Å². The third-order valence-corrected chi connectivity index (χ3v) is 3.09. The summed E-state index contributed by atoms with van der Waals surface area (Å²) in [5.41, 5.74) is 4.23. The van der Waals surface area contributed by atoms with Crippen molar-refractivity contribution < 1.29 is 13.6 Å². The van der Waals surface area contributed by atoms with Crippen LogP contribution in [0.2, 0.25) is 0 Å². The predicted octanol–water partition coefficient (Wildman–Crippen LogP) is 0.229. The Balaban J connectivity index is 2.51. The molecule has 0 spiro atoms. The molecule has 1 atom stereocenters. The summed E-state index contributed by atoms with van der Waals surface area (Å²) in [5.74, 6) is -3.37. The van der Waals surface area contributed by atoms with Gasteiger partial charge in [0.15, 0.2) is 0 Å². The zero-order valence-electron chi connectivity index (χ0n) is 9.48. The Hall–Kier alpha value is -0.750. The third kappa shape index (κ3) is 2.89. The number of hydrogen-bond donors (Lipinski definition) is 3. The van der Waals surface area contributed by atoms with E-state index in [0.29, 0.717) is 12.8 Å². The second-order valence-corrected chi connectivity index (χ2v) is 4.21. The molecule has 0 aromatic rings. The Morgan fingerprint density at radius 1 is 1.62 bits per heavy atom. The monoisotopic (exact) mass is 235 g/mol. The summed E-state index contributed by atoms with van der Waals surface area (Å²) in [6, 6.07) is 0. The first-order chi connectivity index (χ1) is 7.46. The molecule has 0 bridgehead atoms. The van der Waals surface area contributed by atoms with E-state index >= 15 is 0 Å². The maximum atomic E-state index is 12.9. The van der Waals surface area contributed by atoms with Gasteiger partial charge in [-0.1, -0.05) is 6.92 Å². The first-order valence-corrected chi connectivity index (χ1v) is 5.57. The van der Waals surface area contributed by atoms with Crippen molar-refractivity contribution >= 4 is 5.91 Å². The molecule has 0 saturated carbocycles. The minimum absolute atomic E-state index is 0.347. The Morgan fingerprint density at radius 2 is 2.31 bits per heavy atom. The van der Waals surface area contributed by atoms with Crippen LogP contribution in [-0.2, 0) is 4.79 Å². The highest BCUT2D eigenvalue weighted by Crippen LogP contribution is 2.23. The standard InChI is InChI=1S/C10H19F2N3O/c1-2-9(4-3-5-15-9)8(16)14-7-10(11,12)6-13/h15H,2-7,13H2,1H3,(H,14,16). The van der Waals surface area contributed by atoms with E-state index in [2.05, 4.69) is 10.6 Å². The Bertz CT molecular complexity index is 252. The molecule has 0 aliphatic carbocycles. The van der Waals surface area contributed by atoms with Crippen LogP contribution in [0.3, 0.4) is 0 Å². The molecule has 1 fully saturated rings. The molecule has 6 heteroatoms. The lowest BCUT2D eigenvalue weighted by atomic mass is 9.93. The van der Waals surface area contributed by atoms with Crippen LogP contribution >= 0.6 is 0 Å². The van der Waals surface area contributed by atoms with Gasteiger partial charge in [-0.15, -0.1) is 0 Å². The zero-order chi connectivity index (χ0) is 12.2. The molecule has 1 heterocycles. The maximum Gasteiger partial charge on any atom is 0.277 e. The summed E-state index contributed by atoms with van der Waals surface area (Å²) in [7, 11) is 0. The Kier molecular flexibility index (Phi) is 4.21. The zero-order valence-corrected chi connectivity index (χ0v) is 9.48. The van der Waals surface area contributed by atoms with E-state index in [1.807, 2.05) is 6.92 Å². The number of halogens is 2. The quantitative estimate of drug-likeness (QED) is 0.639. The second kappa shape index (κ2) is 5.05. The summed E-state index contributed by atoms with van der Waals surface area (Å²) in [4.78, 5) is 11.8. The van der Waals surface area contributed by atoms with Gasteiger partial charge in [-0.2, -0.15) is 0 Å². The van der Waals surface area contributed by atoms with Crippen LogP contribution in [-0.4, -0.2) is 37.0 Å². The van der Waals surface area contributed by atoms with E-state index in [9.17, 15) is 13.6 Å². The highest BCUT2D eigenvalue weighted by Gasteiger charge is 2.40. The minimum atomic E-state index is -3.02. The lowest BCUT2D eigenvalue weighted by Gasteiger charge is -2.27. The van der Waals surface area contributed by atoms with Crippen molar-refractivity contribution in [3.8, 4) is 0 Å². The molecule has 0 aromatic carbocycles. The van der Waals surface area contributed by atoms with Gasteiger partial charge in [0.1, 0.15) is 0 Å². The van der Waals surface area contributed by atoms with Crippen molar-refractivity contribution in [3.63, 3.8) is 0 Å². The van der Waals surface area contributed by atoms with Gasteiger partial charge in [-0.05, 0) is 25.8 Å². The molecular formula is C10H19F2N3O. The summed E-state index contributed by atoms with van der Waals surface area (Å²) in [6.45, 7) is 1.19. The topological polar surface area (TPSA) is 67.2 Å². The lowest BCUT2D eigenvalue weighted by molar-refractivity contribution is -0.129. The van der Waals surface area contributed by atoms with Gasteiger partial charge in [0.05, 0.1) is 18.6 Å². The molecule has 94 valence electrons. The van der Waals surface area contributed by atoms with E-state index in [0.717, 1.165) is 13.0 Å².